The summed E-state index contributed by atoms with van der Waals surface area (Å²) in [7, 11) is 0. The van der Waals surface area contributed by atoms with Crippen LogP contribution in [0.25, 0.3) is 0 Å². The van der Waals surface area contributed by atoms with Crippen LogP contribution in [0.15, 0.2) is 22.6 Å². The highest BCUT2D eigenvalue weighted by Gasteiger charge is 2.09. The van der Waals surface area contributed by atoms with Crippen molar-refractivity contribution >= 4 is 51.2 Å². The van der Waals surface area contributed by atoms with Gasteiger partial charge in [-0.05, 0) is 54.1 Å². The third kappa shape index (κ3) is 5.85. The summed E-state index contributed by atoms with van der Waals surface area (Å²) in [6.45, 7) is 4.44. The van der Waals surface area contributed by atoms with Crippen LogP contribution in [0, 0.1) is 3.57 Å². The highest BCUT2D eigenvalue weighted by Crippen LogP contribution is 2.32. The number of hydrogen-bond acceptors (Lipinski definition) is 8. The average molecular weight is 475 g/mol. The minimum atomic E-state index is -0.301. The number of carbonyl (C=O) groups is 1. The van der Waals surface area contributed by atoms with Gasteiger partial charge in [-0.25, -0.2) is 4.98 Å². The fourth-order valence-electron chi connectivity index (χ4n) is 1.90. The molecule has 2 rings (SSSR count). The number of halogens is 1. The molecule has 134 valence electrons. The number of benzene rings is 1. The number of hydrogen-bond donors (Lipinski definition) is 2. The molecule has 1 aromatic heterocycles. The zero-order chi connectivity index (χ0) is 18.2. The highest BCUT2D eigenvalue weighted by molar-refractivity contribution is 14.1. The number of ether oxygens (including phenoxy) is 2. The van der Waals surface area contributed by atoms with Crippen LogP contribution in [0.5, 0.6) is 11.5 Å². The van der Waals surface area contributed by atoms with Gasteiger partial charge in [0.05, 0.1) is 35.1 Å². The Balaban J connectivity index is 1.99. The van der Waals surface area contributed by atoms with Gasteiger partial charge in [0.25, 0.3) is 0 Å². The van der Waals surface area contributed by atoms with Crippen molar-refractivity contribution in [1.29, 1.82) is 0 Å². The van der Waals surface area contributed by atoms with Crippen LogP contribution in [0.2, 0.25) is 0 Å². The lowest BCUT2D eigenvalue weighted by Gasteiger charge is -2.08. The number of aromatic hydroxyl groups is 1. The van der Waals surface area contributed by atoms with Crippen LogP contribution in [-0.2, 0) is 16.0 Å². The van der Waals surface area contributed by atoms with Crippen LogP contribution in [0.4, 0.5) is 5.13 Å². The third-order valence-corrected chi connectivity index (χ3v) is 4.53. The maximum absolute atomic E-state index is 11.4. The molecule has 0 bridgehead atoms. The molecule has 7 nitrogen and oxygen atoms in total. The molecule has 0 fully saturated rings. The van der Waals surface area contributed by atoms with E-state index in [9.17, 15) is 9.90 Å². The van der Waals surface area contributed by atoms with E-state index in [1.165, 1.54) is 11.3 Å². The van der Waals surface area contributed by atoms with Crippen molar-refractivity contribution in [1.82, 2.24) is 4.98 Å². The summed E-state index contributed by atoms with van der Waals surface area (Å²) in [6, 6.07) is 3.50. The summed E-state index contributed by atoms with van der Waals surface area (Å²) >= 11 is 3.39. The molecule has 0 amide bonds. The number of anilines is 1. The molecule has 0 aliphatic carbocycles. The largest absolute Gasteiger partial charge is 0.504 e. The molecule has 1 aromatic carbocycles. The predicted molar refractivity (Wildman–Crippen MR) is 106 cm³/mol. The van der Waals surface area contributed by atoms with Gasteiger partial charge < -0.3 is 14.6 Å². The average Bonchev–Trinajstić information content (AvgIpc) is 2.99. The molecule has 0 unspecified atom stereocenters. The molecule has 9 heteroatoms. The Hall–Kier alpha value is -1.88. The van der Waals surface area contributed by atoms with Gasteiger partial charge in [-0.1, -0.05) is 0 Å². The van der Waals surface area contributed by atoms with E-state index < -0.39 is 0 Å². The van der Waals surface area contributed by atoms with Crippen molar-refractivity contribution in [3.05, 3.63) is 32.3 Å². The number of thiazole rings is 1. The number of nitrogens with zero attached hydrogens (tertiary/aromatic N) is 2. The number of esters is 1. The van der Waals surface area contributed by atoms with Crippen LogP contribution in [0.3, 0.4) is 0 Å². The van der Waals surface area contributed by atoms with E-state index in [2.05, 4.69) is 15.5 Å². The predicted octanol–water partition coefficient (Wildman–Crippen LogP) is 3.40. The number of rotatable bonds is 8. The van der Waals surface area contributed by atoms with Crippen LogP contribution >= 0.6 is 33.9 Å². The third-order valence-electron chi connectivity index (χ3n) is 2.91. The number of phenolic OH excluding ortho intramolecular Hbond substituents is 1. The minimum Gasteiger partial charge on any atom is -0.504 e. The molecule has 0 aliphatic rings. The number of aromatic nitrogens is 1. The quantitative estimate of drug-likeness (QED) is 0.263. The van der Waals surface area contributed by atoms with E-state index in [0.29, 0.717) is 33.4 Å². The minimum absolute atomic E-state index is 0.121. The molecular weight excluding hydrogens is 457 g/mol. The SMILES string of the molecule is CCOC(=O)Cc1csc(NN=Cc2cc(I)c(O)c(OCC)c2)n1. The molecule has 2 aromatic rings. The number of hydrazone groups is 1. The topological polar surface area (TPSA) is 93.0 Å². The van der Waals surface area contributed by atoms with Gasteiger partial charge in [0.2, 0.25) is 5.13 Å². The summed E-state index contributed by atoms with van der Waals surface area (Å²) in [4.78, 5) is 15.7. The van der Waals surface area contributed by atoms with E-state index in [-0.39, 0.29) is 18.1 Å². The molecule has 0 saturated carbocycles. The summed E-state index contributed by atoms with van der Waals surface area (Å²) in [6.07, 6.45) is 1.75. The van der Waals surface area contributed by atoms with E-state index in [1.54, 1.807) is 30.7 Å². The summed E-state index contributed by atoms with van der Waals surface area (Å²) < 4.78 is 11.0. The molecular formula is C16H18IN3O4S. The van der Waals surface area contributed by atoms with Crippen molar-refractivity contribution in [2.75, 3.05) is 18.6 Å². The van der Waals surface area contributed by atoms with E-state index >= 15 is 0 Å². The monoisotopic (exact) mass is 475 g/mol. The Morgan fingerprint density at radius 3 is 2.96 bits per heavy atom. The van der Waals surface area contributed by atoms with Crippen molar-refractivity contribution < 1.29 is 19.4 Å². The van der Waals surface area contributed by atoms with Crippen molar-refractivity contribution in [3.8, 4) is 11.5 Å². The zero-order valence-corrected chi connectivity index (χ0v) is 16.8. The molecule has 0 radical (unpaired) electrons. The smallest absolute Gasteiger partial charge is 0.311 e. The second-order valence-electron chi connectivity index (χ2n) is 4.78. The fourth-order valence-corrected chi connectivity index (χ4v) is 3.18. The summed E-state index contributed by atoms with van der Waals surface area (Å²) in [5.41, 5.74) is 4.24. The first-order chi connectivity index (χ1) is 12.0. The number of nitrogens with one attached hydrogen (secondary N) is 1. The molecule has 0 spiro atoms. The summed E-state index contributed by atoms with van der Waals surface area (Å²) in [5, 5.41) is 16.4. The molecule has 1 heterocycles. The normalized spacial score (nSPS) is 10.8. The standard InChI is InChI=1S/C16H18IN3O4S/c1-3-23-13-6-10(5-12(17)15(13)22)8-18-20-16-19-11(9-25-16)7-14(21)24-4-2/h5-6,8-9,22H,3-4,7H2,1-2H3,(H,19,20). The Morgan fingerprint density at radius 2 is 2.24 bits per heavy atom. The Labute approximate surface area is 163 Å². The van der Waals surface area contributed by atoms with Gasteiger partial charge in [-0.2, -0.15) is 5.10 Å². The van der Waals surface area contributed by atoms with Gasteiger partial charge in [0.15, 0.2) is 11.5 Å². The first kappa shape index (κ1) is 19.4. The first-order valence-electron chi connectivity index (χ1n) is 7.57. The van der Waals surface area contributed by atoms with Gasteiger partial charge >= 0.3 is 5.97 Å². The molecule has 0 saturated heterocycles. The van der Waals surface area contributed by atoms with Crippen LogP contribution in [0.1, 0.15) is 25.1 Å². The molecule has 0 atom stereocenters. The van der Waals surface area contributed by atoms with E-state index in [0.717, 1.165) is 5.56 Å². The van der Waals surface area contributed by atoms with Crippen LogP contribution < -0.4 is 10.2 Å². The second kappa shape index (κ2) is 9.56. The van der Waals surface area contributed by atoms with Crippen molar-refractivity contribution in [3.63, 3.8) is 0 Å². The molecule has 25 heavy (non-hydrogen) atoms. The van der Waals surface area contributed by atoms with Crippen LogP contribution in [-0.4, -0.2) is 35.5 Å². The highest BCUT2D eigenvalue weighted by atomic mass is 127. The molecule has 0 aliphatic heterocycles. The van der Waals surface area contributed by atoms with Gasteiger partial charge in [0, 0.05) is 5.38 Å². The Bertz CT molecular complexity index is 764. The lowest BCUT2D eigenvalue weighted by molar-refractivity contribution is -0.142. The lowest BCUT2D eigenvalue weighted by Crippen LogP contribution is -2.07. The number of phenols is 1. The lowest BCUT2D eigenvalue weighted by atomic mass is 10.2. The van der Waals surface area contributed by atoms with Crippen molar-refractivity contribution in [2.24, 2.45) is 5.10 Å². The Morgan fingerprint density at radius 1 is 1.44 bits per heavy atom. The van der Waals surface area contributed by atoms with Gasteiger partial charge in [0.1, 0.15) is 0 Å². The zero-order valence-electron chi connectivity index (χ0n) is 13.8. The van der Waals surface area contributed by atoms with Gasteiger partial charge in [-0.15, -0.1) is 11.3 Å². The van der Waals surface area contributed by atoms with E-state index in [1.807, 2.05) is 29.5 Å². The summed E-state index contributed by atoms with van der Waals surface area (Å²) in [5.74, 6) is 0.239. The fraction of sp³-hybridized carbons (Fsp3) is 0.312. The van der Waals surface area contributed by atoms with Gasteiger partial charge in [-0.3, -0.25) is 10.2 Å². The second-order valence-corrected chi connectivity index (χ2v) is 6.80. The Kier molecular flexibility index (Phi) is 7.44. The maximum atomic E-state index is 11.4. The maximum Gasteiger partial charge on any atom is 0.311 e. The van der Waals surface area contributed by atoms with E-state index in [4.69, 9.17) is 9.47 Å². The first-order valence-corrected chi connectivity index (χ1v) is 9.53. The van der Waals surface area contributed by atoms with Crippen molar-refractivity contribution in [2.45, 2.75) is 20.3 Å². The number of carbonyl (C=O) groups excluding carboxylic acids is 1. The molecule has 2 N–H and O–H groups in total.